The minimum Gasteiger partial charge on any atom is -0.497 e. The average molecular weight is 369 g/mol. The van der Waals surface area contributed by atoms with Gasteiger partial charge in [0.1, 0.15) is 12.4 Å². The summed E-state index contributed by atoms with van der Waals surface area (Å²) in [5, 5.41) is 4.32. The highest BCUT2D eigenvalue weighted by Crippen LogP contribution is 2.23. The topological polar surface area (TPSA) is 91.0 Å². The monoisotopic (exact) mass is 368 g/mol. The van der Waals surface area contributed by atoms with Crippen molar-refractivity contribution in [3.63, 3.8) is 0 Å². The summed E-state index contributed by atoms with van der Waals surface area (Å²) in [4.78, 5) is 5.42. The number of benzene rings is 2. The van der Waals surface area contributed by atoms with Crippen LogP contribution in [0.4, 0.5) is 0 Å². The molecule has 0 saturated carbocycles. The molecule has 0 aromatic heterocycles. The van der Waals surface area contributed by atoms with E-state index in [9.17, 15) is 8.42 Å². The van der Waals surface area contributed by atoms with Gasteiger partial charge in [-0.05, 0) is 36.4 Å². The van der Waals surface area contributed by atoms with Crippen LogP contribution in [0.2, 0.25) is 5.02 Å². The van der Waals surface area contributed by atoms with Gasteiger partial charge in [-0.25, -0.2) is 8.42 Å². The molecule has 0 aliphatic heterocycles. The Bertz CT molecular complexity index is 849. The van der Waals surface area contributed by atoms with Gasteiger partial charge in [0.2, 0.25) is 0 Å². The number of amidine groups is 1. The molecule has 24 heavy (non-hydrogen) atoms. The maximum absolute atomic E-state index is 11.4. The van der Waals surface area contributed by atoms with E-state index in [-0.39, 0.29) is 17.3 Å². The first kappa shape index (κ1) is 18.1. The van der Waals surface area contributed by atoms with Crippen LogP contribution in [0.5, 0.6) is 5.75 Å². The van der Waals surface area contributed by atoms with Crippen LogP contribution in [-0.2, 0) is 21.3 Å². The number of hydrogen-bond donors (Lipinski definition) is 1. The van der Waals surface area contributed by atoms with Gasteiger partial charge in [0.25, 0.3) is 0 Å². The van der Waals surface area contributed by atoms with Crippen LogP contribution in [0.15, 0.2) is 52.5 Å². The molecular formula is C16H17ClN2O4S. The van der Waals surface area contributed by atoms with Crippen LogP contribution in [0.3, 0.4) is 0 Å². The van der Waals surface area contributed by atoms with Crippen molar-refractivity contribution in [1.29, 1.82) is 0 Å². The highest BCUT2D eigenvalue weighted by molar-refractivity contribution is 7.90. The maximum Gasteiger partial charge on any atom is 0.175 e. The summed E-state index contributed by atoms with van der Waals surface area (Å²) in [5.41, 5.74) is 7.12. The lowest BCUT2D eigenvalue weighted by Gasteiger charge is -2.06. The fourth-order valence-electron chi connectivity index (χ4n) is 1.87. The Kier molecular flexibility index (Phi) is 5.69. The third-order valence-corrected chi connectivity index (χ3v) is 4.70. The van der Waals surface area contributed by atoms with Gasteiger partial charge < -0.3 is 15.3 Å². The first-order valence-corrected chi connectivity index (χ1v) is 9.16. The largest absolute Gasteiger partial charge is 0.497 e. The van der Waals surface area contributed by atoms with E-state index in [1.54, 1.807) is 37.4 Å². The van der Waals surface area contributed by atoms with E-state index >= 15 is 0 Å². The number of oxime groups is 1. The predicted molar refractivity (Wildman–Crippen MR) is 93.1 cm³/mol. The molecule has 2 N–H and O–H groups in total. The third kappa shape index (κ3) is 4.62. The molecule has 2 aromatic carbocycles. The fourth-order valence-corrected chi connectivity index (χ4v) is 2.72. The third-order valence-electron chi connectivity index (χ3n) is 3.22. The molecule has 0 fully saturated rings. The molecule has 128 valence electrons. The zero-order valence-corrected chi connectivity index (χ0v) is 14.8. The lowest BCUT2D eigenvalue weighted by atomic mass is 10.2. The van der Waals surface area contributed by atoms with Crippen molar-refractivity contribution in [2.24, 2.45) is 10.9 Å². The summed E-state index contributed by atoms with van der Waals surface area (Å²) in [6.45, 7) is 0.144. The SMILES string of the molecule is COc1ccc(CO/N=C(/N)c2ccc(S(C)(=O)=O)cc2)c(Cl)c1. The molecule has 0 atom stereocenters. The van der Waals surface area contributed by atoms with Crippen molar-refractivity contribution in [2.75, 3.05) is 13.4 Å². The Morgan fingerprint density at radius 1 is 1.21 bits per heavy atom. The van der Waals surface area contributed by atoms with Crippen molar-refractivity contribution >= 4 is 27.3 Å². The van der Waals surface area contributed by atoms with Crippen molar-refractivity contribution in [3.05, 3.63) is 58.6 Å². The number of hydrogen-bond acceptors (Lipinski definition) is 5. The average Bonchev–Trinajstić information content (AvgIpc) is 2.55. The minimum atomic E-state index is -3.25. The van der Waals surface area contributed by atoms with Gasteiger partial charge in [-0.2, -0.15) is 0 Å². The highest BCUT2D eigenvalue weighted by Gasteiger charge is 2.08. The maximum atomic E-state index is 11.4. The quantitative estimate of drug-likeness (QED) is 0.480. The second kappa shape index (κ2) is 7.55. The summed E-state index contributed by atoms with van der Waals surface area (Å²) in [7, 11) is -1.69. The Morgan fingerprint density at radius 2 is 1.88 bits per heavy atom. The van der Waals surface area contributed by atoms with Crippen LogP contribution in [0.25, 0.3) is 0 Å². The van der Waals surface area contributed by atoms with Crippen molar-refractivity contribution < 1.29 is 18.0 Å². The Labute approximate surface area is 145 Å². The number of ether oxygens (including phenoxy) is 1. The molecule has 8 heteroatoms. The molecule has 0 aliphatic carbocycles. The zero-order chi connectivity index (χ0) is 17.7. The highest BCUT2D eigenvalue weighted by atomic mass is 35.5. The van der Waals surface area contributed by atoms with Crippen molar-refractivity contribution in [3.8, 4) is 5.75 Å². The minimum absolute atomic E-state index is 0.139. The molecular weight excluding hydrogens is 352 g/mol. The van der Waals surface area contributed by atoms with E-state index in [0.29, 0.717) is 16.3 Å². The summed E-state index contributed by atoms with van der Waals surface area (Å²) >= 11 is 6.10. The lowest BCUT2D eigenvalue weighted by Crippen LogP contribution is -2.14. The molecule has 0 saturated heterocycles. The number of rotatable bonds is 6. The standard InChI is InChI=1S/C16H17ClN2O4S/c1-22-13-6-3-12(15(17)9-13)10-23-19-16(18)11-4-7-14(8-5-11)24(2,20)21/h3-9H,10H2,1-2H3,(H2,18,19). The number of sulfone groups is 1. The molecule has 2 rings (SSSR count). The van der Waals surface area contributed by atoms with Crippen molar-refractivity contribution in [2.45, 2.75) is 11.5 Å². The van der Waals surface area contributed by atoms with E-state index in [1.807, 2.05) is 0 Å². The summed E-state index contributed by atoms with van der Waals surface area (Å²) in [6, 6.07) is 11.3. The van der Waals surface area contributed by atoms with Gasteiger partial charge >= 0.3 is 0 Å². The molecule has 0 radical (unpaired) electrons. The molecule has 0 heterocycles. The lowest BCUT2D eigenvalue weighted by molar-refractivity contribution is 0.130. The van der Waals surface area contributed by atoms with Crippen LogP contribution >= 0.6 is 11.6 Å². The second-order valence-corrected chi connectivity index (χ2v) is 7.43. The number of nitrogens with zero attached hydrogens (tertiary/aromatic N) is 1. The van der Waals surface area contributed by atoms with Gasteiger partial charge in [-0.3, -0.25) is 0 Å². The zero-order valence-electron chi connectivity index (χ0n) is 13.2. The van der Waals surface area contributed by atoms with Gasteiger partial charge in [-0.1, -0.05) is 22.8 Å². The van der Waals surface area contributed by atoms with E-state index in [0.717, 1.165) is 11.8 Å². The molecule has 6 nitrogen and oxygen atoms in total. The summed E-state index contributed by atoms with van der Waals surface area (Å²) in [5.74, 6) is 0.789. The molecule has 0 amide bonds. The second-order valence-electron chi connectivity index (χ2n) is 5.00. The number of methoxy groups -OCH3 is 1. The molecule has 2 aromatic rings. The number of nitrogens with two attached hydrogens (primary N) is 1. The van der Waals surface area contributed by atoms with Crippen LogP contribution in [0.1, 0.15) is 11.1 Å². The van der Waals surface area contributed by atoms with Gasteiger partial charge in [0.15, 0.2) is 15.7 Å². The molecule has 0 aliphatic rings. The van der Waals surface area contributed by atoms with E-state index in [1.165, 1.54) is 12.1 Å². The molecule has 0 unspecified atom stereocenters. The normalized spacial score (nSPS) is 12.0. The van der Waals surface area contributed by atoms with Gasteiger partial charge in [0, 0.05) is 17.4 Å². The number of halogens is 1. The first-order valence-electron chi connectivity index (χ1n) is 6.89. The van der Waals surface area contributed by atoms with Crippen LogP contribution in [0, 0.1) is 0 Å². The molecule has 0 bridgehead atoms. The van der Waals surface area contributed by atoms with Crippen molar-refractivity contribution in [1.82, 2.24) is 0 Å². The van der Waals surface area contributed by atoms with E-state index in [4.69, 9.17) is 26.9 Å². The first-order chi connectivity index (χ1) is 11.3. The van der Waals surface area contributed by atoms with E-state index < -0.39 is 9.84 Å². The summed E-state index contributed by atoms with van der Waals surface area (Å²) in [6.07, 6.45) is 1.14. The Morgan fingerprint density at radius 3 is 2.42 bits per heavy atom. The predicted octanol–water partition coefficient (Wildman–Crippen LogP) is 2.59. The smallest absolute Gasteiger partial charge is 0.175 e. The van der Waals surface area contributed by atoms with Crippen LogP contribution in [-0.4, -0.2) is 27.6 Å². The van der Waals surface area contributed by atoms with Gasteiger partial charge in [0.05, 0.1) is 17.0 Å². The Balaban J connectivity index is 2.04. The van der Waals surface area contributed by atoms with Crippen LogP contribution < -0.4 is 10.5 Å². The fraction of sp³-hybridized carbons (Fsp3) is 0.188. The van der Waals surface area contributed by atoms with E-state index in [2.05, 4.69) is 5.16 Å². The summed E-state index contributed by atoms with van der Waals surface area (Å²) < 4.78 is 27.9. The Hall–Kier alpha value is -2.25. The van der Waals surface area contributed by atoms with Gasteiger partial charge in [-0.15, -0.1) is 0 Å². The molecule has 0 spiro atoms.